The average Bonchev–Trinajstić information content (AvgIpc) is 2.88. The number of sulfonamides is 1. The van der Waals surface area contributed by atoms with Crippen LogP contribution in [0.3, 0.4) is 0 Å². The molecule has 0 aromatic heterocycles. The summed E-state index contributed by atoms with van der Waals surface area (Å²) in [6, 6.07) is 0. The van der Waals surface area contributed by atoms with Crippen LogP contribution in [0.15, 0.2) is 0 Å². The van der Waals surface area contributed by atoms with E-state index >= 15 is 0 Å². The van der Waals surface area contributed by atoms with Gasteiger partial charge in [-0.15, -0.1) is 12.4 Å². The van der Waals surface area contributed by atoms with Crippen molar-refractivity contribution in [2.75, 3.05) is 34.3 Å². The van der Waals surface area contributed by atoms with Gasteiger partial charge in [0.25, 0.3) is 0 Å². The molecule has 1 aromatic rings. The number of hydrogen-bond acceptors (Lipinski definition) is 4. The molecule has 1 heterocycles. The van der Waals surface area contributed by atoms with Gasteiger partial charge in [-0.3, -0.25) is 9.52 Å². The topological polar surface area (TPSA) is 78.5 Å². The van der Waals surface area contributed by atoms with Crippen molar-refractivity contribution >= 4 is 45.4 Å². The van der Waals surface area contributed by atoms with Crippen molar-refractivity contribution in [1.29, 1.82) is 0 Å². The Kier molecular flexibility index (Phi) is 7.45. The van der Waals surface area contributed by atoms with Crippen molar-refractivity contribution in [2.24, 2.45) is 11.3 Å². The Labute approximate surface area is 175 Å². The fourth-order valence-electron chi connectivity index (χ4n) is 3.49. The SMILES string of the molecule is Cc1c2c(c(NC(=O)C(C)(C)C)c(C)c1NS(C)(=O)=O)N(CC(C)C)CC2.Cl. The molecule has 0 saturated heterocycles. The van der Waals surface area contributed by atoms with Gasteiger partial charge in [-0.25, -0.2) is 8.42 Å². The van der Waals surface area contributed by atoms with Gasteiger partial charge in [0.1, 0.15) is 0 Å². The monoisotopic (exact) mass is 431 g/mol. The maximum atomic E-state index is 12.7. The first-order valence-corrected chi connectivity index (χ1v) is 11.3. The van der Waals surface area contributed by atoms with Crippen LogP contribution in [0.2, 0.25) is 0 Å². The summed E-state index contributed by atoms with van der Waals surface area (Å²) in [5.41, 5.74) is 4.59. The smallest absolute Gasteiger partial charge is 0.229 e. The van der Waals surface area contributed by atoms with Gasteiger partial charge in [0.2, 0.25) is 15.9 Å². The number of anilines is 3. The van der Waals surface area contributed by atoms with Crippen molar-refractivity contribution < 1.29 is 13.2 Å². The summed E-state index contributed by atoms with van der Waals surface area (Å²) < 4.78 is 26.5. The Morgan fingerprint density at radius 1 is 1.14 bits per heavy atom. The second kappa shape index (κ2) is 8.49. The maximum absolute atomic E-state index is 12.7. The van der Waals surface area contributed by atoms with E-state index in [2.05, 4.69) is 28.8 Å². The molecule has 0 bridgehead atoms. The molecule has 1 aliphatic heterocycles. The van der Waals surface area contributed by atoms with Gasteiger partial charge in [0, 0.05) is 18.5 Å². The molecule has 0 atom stereocenters. The van der Waals surface area contributed by atoms with Crippen molar-refractivity contribution in [3.05, 3.63) is 16.7 Å². The van der Waals surface area contributed by atoms with Gasteiger partial charge >= 0.3 is 0 Å². The van der Waals surface area contributed by atoms with Gasteiger partial charge in [-0.1, -0.05) is 34.6 Å². The predicted molar refractivity (Wildman–Crippen MR) is 120 cm³/mol. The van der Waals surface area contributed by atoms with E-state index in [0.29, 0.717) is 11.6 Å². The molecule has 0 unspecified atom stereocenters. The summed E-state index contributed by atoms with van der Waals surface area (Å²) >= 11 is 0. The van der Waals surface area contributed by atoms with Gasteiger partial charge in [-0.2, -0.15) is 0 Å². The number of hydrogen-bond donors (Lipinski definition) is 2. The lowest BCUT2D eigenvalue weighted by molar-refractivity contribution is -0.123. The number of amides is 1. The number of carbonyl (C=O) groups is 1. The van der Waals surface area contributed by atoms with Gasteiger partial charge < -0.3 is 10.2 Å². The number of nitrogens with one attached hydrogen (secondary N) is 2. The number of benzene rings is 1. The predicted octanol–water partition coefficient (Wildman–Crippen LogP) is 4.10. The largest absolute Gasteiger partial charge is 0.369 e. The highest BCUT2D eigenvalue weighted by molar-refractivity contribution is 7.92. The first-order valence-electron chi connectivity index (χ1n) is 9.42. The zero-order chi connectivity index (χ0) is 20.7. The molecule has 1 amide bonds. The van der Waals surface area contributed by atoms with Crippen molar-refractivity contribution in [2.45, 2.75) is 54.9 Å². The Morgan fingerprint density at radius 2 is 1.71 bits per heavy atom. The zero-order valence-electron chi connectivity index (χ0n) is 18.2. The molecule has 0 spiro atoms. The highest BCUT2D eigenvalue weighted by Gasteiger charge is 2.31. The molecule has 160 valence electrons. The van der Waals surface area contributed by atoms with Crippen LogP contribution in [-0.2, 0) is 21.2 Å². The molecule has 28 heavy (non-hydrogen) atoms. The molecule has 1 aromatic carbocycles. The minimum atomic E-state index is -3.42. The summed E-state index contributed by atoms with van der Waals surface area (Å²) in [7, 11) is -3.42. The summed E-state index contributed by atoms with van der Waals surface area (Å²) in [6.45, 7) is 15.5. The third kappa shape index (κ3) is 5.32. The number of carbonyl (C=O) groups excluding carboxylic acids is 1. The molecular weight excluding hydrogens is 398 g/mol. The van der Waals surface area contributed by atoms with E-state index in [1.165, 1.54) is 0 Å². The minimum absolute atomic E-state index is 0. The number of fused-ring (bicyclic) bond motifs is 1. The standard InChI is InChI=1S/C20H33N3O3S.ClH/c1-12(2)11-23-10-9-15-13(3)16(22-27(8,25)26)14(4)17(18(15)23)21-19(24)20(5,6)7;/h12,22H,9-11H2,1-8H3,(H,21,24);1H. The molecule has 0 saturated carbocycles. The fourth-order valence-corrected chi connectivity index (χ4v) is 4.17. The van der Waals surface area contributed by atoms with Crippen LogP contribution in [0.5, 0.6) is 0 Å². The van der Waals surface area contributed by atoms with Crippen LogP contribution in [0, 0.1) is 25.2 Å². The molecular formula is C20H34ClN3O3S. The number of rotatable bonds is 5. The molecule has 6 nitrogen and oxygen atoms in total. The van der Waals surface area contributed by atoms with Crippen molar-refractivity contribution in [3.8, 4) is 0 Å². The summed E-state index contributed by atoms with van der Waals surface area (Å²) in [5.74, 6) is 0.398. The Morgan fingerprint density at radius 3 is 2.18 bits per heavy atom. The van der Waals surface area contributed by atoms with Crippen LogP contribution in [-0.4, -0.2) is 33.7 Å². The van der Waals surface area contributed by atoms with E-state index in [1.807, 2.05) is 34.6 Å². The van der Waals surface area contributed by atoms with E-state index in [-0.39, 0.29) is 18.3 Å². The minimum Gasteiger partial charge on any atom is -0.369 e. The van der Waals surface area contributed by atoms with E-state index in [1.54, 1.807) is 0 Å². The maximum Gasteiger partial charge on any atom is 0.229 e. The number of halogens is 1. The fraction of sp³-hybridized carbons (Fsp3) is 0.650. The molecule has 8 heteroatoms. The molecule has 0 fully saturated rings. The highest BCUT2D eigenvalue weighted by Crippen LogP contribution is 2.45. The zero-order valence-corrected chi connectivity index (χ0v) is 19.8. The number of nitrogens with zero attached hydrogens (tertiary/aromatic N) is 1. The lowest BCUT2D eigenvalue weighted by atomic mass is 9.93. The average molecular weight is 432 g/mol. The Bertz CT molecular complexity index is 859. The third-order valence-corrected chi connectivity index (χ3v) is 5.42. The third-order valence-electron chi connectivity index (χ3n) is 4.84. The van der Waals surface area contributed by atoms with Gasteiger partial charge in [0.05, 0.1) is 23.3 Å². The summed E-state index contributed by atoms with van der Waals surface area (Å²) in [5, 5.41) is 3.09. The van der Waals surface area contributed by atoms with Gasteiger partial charge in [0.15, 0.2) is 0 Å². The Hall–Kier alpha value is -1.47. The van der Waals surface area contributed by atoms with E-state index < -0.39 is 15.4 Å². The lowest BCUT2D eigenvalue weighted by Crippen LogP contribution is -2.31. The van der Waals surface area contributed by atoms with Crippen LogP contribution in [0.4, 0.5) is 17.1 Å². The van der Waals surface area contributed by atoms with E-state index in [0.717, 1.165) is 53.8 Å². The first-order chi connectivity index (χ1) is 12.2. The highest BCUT2D eigenvalue weighted by atomic mass is 35.5. The molecule has 1 aliphatic rings. The summed E-state index contributed by atoms with van der Waals surface area (Å²) in [6.07, 6.45) is 1.99. The van der Waals surface area contributed by atoms with Crippen molar-refractivity contribution in [3.63, 3.8) is 0 Å². The van der Waals surface area contributed by atoms with Crippen LogP contribution < -0.4 is 14.9 Å². The van der Waals surface area contributed by atoms with Crippen LogP contribution >= 0.6 is 12.4 Å². The molecule has 0 radical (unpaired) electrons. The van der Waals surface area contributed by atoms with Gasteiger partial charge in [-0.05, 0) is 42.9 Å². The van der Waals surface area contributed by atoms with Crippen molar-refractivity contribution in [1.82, 2.24) is 0 Å². The van der Waals surface area contributed by atoms with E-state index in [4.69, 9.17) is 0 Å². The molecule has 2 N–H and O–H groups in total. The molecule has 0 aliphatic carbocycles. The molecule has 2 rings (SSSR count). The quantitative estimate of drug-likeness (QED) is 0.735. The van der Waals surface area contributed by atoms with E-state index in [9.17, 15) is 13.2 Å². The second-order valence-corrected chi connectivity index (χ2v) is 10.7. The first kappa shape index (κ1) is 24.6. The summed E-state index contributed by atoms with van der Waals surface area (Å²) in [4.78, 5) is 15.0. The Balaban J connectivity index is 0.00000392. The second-order valence-electron chi connectivity index (χ2n) is 9.00. The van der Waals surface area contributed by atoms with Crippen LogP contribution in [0.25, 0.3) is 0 Å². The lowest BCUT2D eigenvalue weighted by Gasteiger charge is -2.29. The van der Waals surface area contributed by atoms with Crippen LogP contribution in [0.1, 0.15) is 51.3 Å². The normalized spacial score (nSPS) is 14.0.